The summed E-state index contributed by atoms with van der Waals surface area (Å²) in [5.74, 6) is 0.530. The number of hydrogen-bond donors (Lipinski definition) is 1. The van der Waals surface area contributed by atoms with E-state index in [1.165, 1.54) is 12.0 Å². The summed E-state index contributed by atoms with van der Waals surface area (Å²) in [4.78, 5) is 14.1. The first-order chi connectivity index (χ1) is 11.7. The molecule has 1 aliphatic heterocycles. The highest BCUT2D eigenvalue weighted by atomic mass is 79.9. The van der Waals surface area contributed by atoms with Crippen molar-refractivity contribution in [2.45, 2.75) is 52.2 Å². The topological polar surface area (TPSA) is 41.6 Å². The van der Waals surface area contributed by atoms with Crippen molar-refractivity contribution in [1.29, 1.82) is 0 Å². The molecule has 0 bridgehead atoms. The SMILES string of the molecule is CC(C)(C)OC(=O)N1CCCC(CCNCc2ccc(Cl)cc2Br)C1. The van der Waals surface area contributed by atoms with E-state index in [1.807, 2.05) is 43.9 Å². The minimum absolute atomic E-state index is 0.185. The van der Waals surface area contributed by atoms with E-state index in [9.17, 15) is 4.79 Å². The highest BCUT2D eigenvalue weighted by Gasteiger charge is 2.27. The molecule has 0 aliphatic carbocycles. The molecule has 0 spiro atoms. The molecule has 1 fully saturated rings. The van der Waals surface area contributed by atoms with Crippen molar-refractivity contribution in [3.63, 3.8) is 0 Å². The van der Waals surface area contributed by atoms with Gasteiger partial charge >= 0.3 is 6.09 Å². The van der Waals surface area contributed by atoms with E-state index in [4.69, 9.17) is 16.3 Å². The number of nitrogens with zero attached hydrogens (tertiary/aromatic N) is 1. The third kappa shape index (κ3) is 7.16. The molecule has 1 saturated heterocycles. The Balaban J connectivity index is 1.72. The van der Waals surface area contributed by atoms with Crippen LogP contribution in [-0.4, -0.2) is 36.2 Å². The first kappa shape index (κ1) is 20.5. The summed E-state index contributed by atoms with van der Waals surface area (Å²) < 4.78 is 6.52. The van der Waals surface area contributed by atoms with Crippen LogP contribution in [-0.2, 0) is 11.3 Å². The molecule has 0 saturated carbocycles. The van der Waals surface area contributed by atoms with Crippen molar-refractivity contribution in [2.24, 2.45) is 5.92 Å². The van der Waals surface area contributed by atoms with Gasteiger partial charge in [0.25, 0.3) is 0 Å². The Morgan fingerprint density at radius 3 is 2.88 bits per heavy atom. The Morgan fingerprint density at radius 1 is 1.44 bits per heavy atom. The molecule has 2 rings (SSSR count). The molecule has 1 unspecified atom stereocenters. The average molecular weight is 432 g/mol. The lowest BCUT2D eigenvalue weighted by molar-refractivity contribution is 0.0162. The molecule has 1 aliphatic rings. The van der Waals surface area contributed by atoms with Crippen molar-refractivity contribution in [1.82, 2.24) is 10.2 Å². The van der Waals surface area contributed by atoms with Gasteiger partial charge in [0.2, 0.25) is 0 Å². The van der Waals surface area contributed by atoms with E-state index in [-0.39, 0.29) is 6.09 Å². The molecule has 1 heterocycles. The van der Waals surface area contributed by atoms with Crippen LogP contribution in [0.3, 0.4) is 0 Å². The van der Waals surface area contributed by atoms with Gasteiger partial charge in [0.15, 0.2) is 0 Å². The van der Waals surface area contributed by atoms with Crippen LogP contribution < -0.4 is 5.32 Å². The quantitative estimate of drug-likeness (QED) is 0.649. The number of piperidine rings is 1. The predicted octanol–water partition coefficient (Wildman–Crippen LogP) is 5.23. The molecule has 4 nitrogen and oxygen atoms in total. The molecule has 1 amide bonds. The third-order valence-corrected chi connectivity index (χ3v) is 5.20. The molecule has 6 heteroatoms. The number of rotatable bonds is 5. The zero-order chi connectivity index (χ0) is 18.4. The van der Waals surface area contributed by atoms with Crippen LogP contribution >= 0.6 is 27.5 Å². The van der Waals surface area contributed by atoms with Gasteiger partial charge in [-0.25, -0.2) is 4.79 Å². The van der Waals surface area contributed by atoms with Gasteiger partial charge in [-0.1, -0.05) is 33.6 Å². The number of carbonyl (C=O) groups excluding carboxylic acids is 1. The van der Waals surface area contributed by atoms with Crippen LogP contribution in [0.5, 0.6) is 0 Å². The lowest BCUT2D eigenvalue weighted by Crippen LogP contribution is -2.43. The van der Waals surface area contributed by atoms with Gasteiger partial charge < -0.3 is 15.0 Å². The summed E-state index contributed by atoms with van der Waals surface area (Å²) in [5.41, 5.74) is 0.765. The van der Waals surface area contributed by atoms with Crippen LogP contribution in [0.15, 0.2) is 22.7 Å². The lowest BCUT2D eigenvalue weighted by Gasteiger charge is -2.34. The van der Waals surface area contributed by atoms with Crippen LogP contribution in [0.2, 0.25) is 5.02 Å². The van der Waals surface area contributed by atoms with Gasteiger partial charge in [-0.15, -0.1) is 0 Å². The third-order valence-electron chi connectivity index (χ3n) is 4.23. The molecule has 140 valence electrons. The number of nitrogens with one attached hydrogen (secondary N) is 1. The Bertz CT molecular complexity index is 589. The van der Waals surface area contributed by atoms with E-state index in [0.29, 0.717) is 5.92 Å². The van der Waals surface area contributed by atoms with Gasteiger partial charge in [0.1, 0.15) is 5.60 Å². The van der Waals surface area contributed by atoms with Crippen LogP contribution in [0.4, 0.5) is 4.79 Å². The normalized spacial score (nSPS) is 18.3. The predicted molar refractivity (Wildman–Crippen MR) is 106 cm³/mol. The van der Waals surface area contributed by atoms with Gasteiger partial charge in [-0.3, -0.25) is 0 Å². The van der Waals surface area contributed by atoms with Gasteiger partial charge in [-0.2, -0.15) is 0 Å². The van der Waals surface area contributed by atoms with Gasteiger partial charge in [0, 0.05) is 29.1 Å². The summed E-state index contributed by atoms with van der Waals surface area (Å²) in [6.45, 7) is 9.06. The second-order valence-corrected chi connectivity index (χ2v) is 8.93. The van der Waals surface area contributed by atoms with E-state index in [1.54, 1.807) is 0 Å². The Morgan fingerprint density at radius 2 is 2.20 bits per heavy atom. The standard InChI is InChI=1S/C19H28BrClN2O2/c1-19(2,3)25-18(24)23-10-4-5-14(13-23)8-9-22-12-15-6-7-16(21)11-17(15)20/h6-7,11,14,22H,4-5,8-10,12-13H2,1-3H3. The maximum Gasteiger partial charge on any atom is 0.410 e. The fourth-order valence-electron chi connectivity index (χ4n) is 2.99. The number of ether oxygens (including phenoxy) is 1. The fourth-order valence-corrected chi connectivity index (χ4v) is 3.81. The molecular weight excluding hydrogens is 404 g/mol. The van der Waals surface area contributed by atoms with E-state index in [0.717, 1.165) is 48.5 Å². The maximum absolute atomic E-state index is 12.2. The summed E-state index contributed by atoms with van der Waals surface area (Å²) in [7, 11) is 0. The van der Waals surface area contributed by atoms with Crippen LogP contribution in [0.25, 0.3) is 0 Å². The van der Waals surface area contributed by atoms with Gasteiger partial charge in [0.05, 0.1) is 0 Å². The number of benzene rings is 1. The minimum atomic E-state index is -0.433. The zero-order valence-corrected chi connectivity index (χ0v) is 17.6. The summed E-state index contributed by atoms with van der Waals surface area (Å²) in [5, 5.41) is 4.22. The highest BCUT2D eigenvalue weighted by molar-refractivity contribution is 9.10. The Hall–Kier alpha value is -0.780. The van der Waals surface area contributed by atoms with Crippen molar-refractivity contribution in [3.8, 4) is 0 Å². The molecule has 1 aromatic carbocycles. The van der Waals surface area contributed by atoms with Gasteiger partial charge in [-0.05, 0) is 70.2 Å². The van der Waals surface area contributed by atoms with E-state index in [2.05, 4.69) is 21.2 Å². The van der Waals surface area contributed by atoms with Crippen LogP contribution in [0, 0.1) is 5.92 Å². The lowest BCUT2D eigenvalue weighted by atomic mass is 9.95. The highest BCUT2D eigenvalue weighted by Crippen LogP contribution is 2.23. The van der Waals surface area contributed by atoms with E-state index < -0.39 is 5.60 Å². The first-order valence-corrected chi connectivity index (χ1v) is 10.0. The summed E-state index contributed by atoms with van der Waals surface area (Å²) in [6.07, 6.45) is 3.10. The number of hydrogen-bond acceptors (Lipinski definition) is 3. The Labute approximate surface area is 164 Å². The van der Waals surface area contributed by atoms with Crippen molar-refractivity contribution in [3.05, 3.63) is 33.3 Å². The summed E-state index contributed by atoms with van der Waals surface area (Å²) >= 11 is 9.51. The molecule has 1 atom stereocenters. The van der Waals surface area contributed by atoms with Crippen molar-refractivity contribution < 1.29 is 9.53 Å². The van der Waals surface area contributed by atoms with Crippen molar-refractivity contribution >= 4 is 33.6 Å². The number of halogens is 2. The molecule has 0 aromatic heterocycles. The molecule has 25 heavy (non-hydrogen) atoms. The van der Waals surface area contributed by atoms with Crippen molar-refractivity contribution in [2.75, 3.05) is 19.6 Å². The number of likely N-dealkylation sites (tertiary alicyclic amines) is 1. The number of amides is 1. The molecule has 1 aromatic rings. The maximum atomic E-state index is 12.2. The van der Waals surface area contributed by atoms with Crippen LogP contribution in [0.1, 0.15) is 45.6 Å². The first-order valence-electron chi connectivity index (χ1n) is 8.87. The average Bonchev–Trinajstić information content (AvgIpc) is 2.52. The largest absolute Gasteiger partial charge is 0.444 e. The second-order valence-electron chi connectivity index (χ2n) is 7.64. The second kappa shape index (κ2) is 9.24. The minimum Gasteiger partial charge on any atom is -0.444 e. The molecule has 0 radical (unpaired) electrons. The monoisotopic (exact) mass is 430 g/mol. The molecule has 1 N–H and O–H groups in total. The Kier molecular flexibility index (Phi) is 7.59. The zero-order valence-electron chi connectivity index (χ0n) is 15.3. The summed E-state index contributed by atoms with van der Waals surface area (Å²) in [6, 6.07) is 5.85. The molecular formula is C19H28BrClN2O2. The number of carbonyl (C=O) groups is 1. The smallest absolute Gasteiger partial charge is 0.410 e. The van der Waals surface area contributed by atoms with E-state index >= 15 is 0 Å². The fraction of sp³-hybridized carbons (Fsp3) is 0.632.